The number of hydrazine groups is 1. The molecule has 0 fully saturated rings. The van der Waals surface area contributed by atoms with Crippen LogP contribution < -0.4 is 16.6 Å². The van der Waals surface area contributed by atoms with Crippen LogP contribution in [0.15, 0.2) is 12.4 Å². The van der Waals surface area contributed by atoms with E-state index in [0.29, 0.717) is 18.2 Å². The zero-order valence-corrected chi connectivity index (χ0v) is 8.47. The van der Waals surface area contributed by atoms with Crippen molar-refractivity contribution in [2.75, 3.05) is 31.0 Å². The van der Waals surface area contributed by atoms with Gasteiger partial charge in [0.05, 0.1) is 12.7 Å². The minimum Gasteiger partial charge on any atom is -0.389 e. The van der Waals surface area contributed by atoms with Crippen LogP contribution in [-0.2, 0) is 4.74 Å². The summed E-state index contributed by atoms with van der Waals surface area (Å²) in [4.78, 5) is 7.80. The predicted octanol–water partition coefficient (Wildman–Crippen LogP) is -0.819. The van der Waals surface area contributed by atoms with E-state index in [4.69, 9.17) is 10.6 Å². The molecule has 0 saturated heterocycles. The summed E-state index contributed by atoms with van der Waals surface area (Å²) < 4.78 is 4.78. The maximum atomic E-state index is 9.37. The average molecular weight is 213 g/mol. The largest absolute Gasteiger partial charge is 0.389 e. The molecule has 7 nitrogen and oxygen atoms in total. The van der Waals surface area contributed by atoms with Crippen molar-refractivity contribution in [1.82, 2.24) is 9.97 Å². The molecule has 0 amide bonds. The molecule has 1 rings (SSSR count). The zero-order valence-electron chi connectivity index (χ0n) is 8.47. The van der Waals surface area contributed by atoms with Crippen LogP contribution in [0.1, 0.15) is 0 Å². The van der Waals surface area contributed by atoms with Gasteiger partial charge in [-0.3, -0.25) is 0 Å². The Kier molecular flexibility index (Phi) is 4.75. The molecule has 0 saturated carbocycles. The molecule has 0 aromatic carbocycles. The number of nitrogens with two attached hydrogens (primary N) is 1. The quantitative estimate of drug-likeness (QED) is 0.361. The number of aromatic nitrogens is 2. The molecule has 0 aliphatic carbocycles. The lowest BCUT2D eigenvalue weighted by atomic mass is 10.4. The number of hydrogen-bond donors (Lipinski definition) is 4. The molecule has 0 radical (unpaired) electrons. The van der Waals surface area contributed by atoms with Crippen molar-refractivity contribution in [3.8, 4) is 0 Å². The number of nitrogen functional groups attached to an aromatic ring is 1. The first kappa shape index (κ1) is 11.6. The summed E-state index contributed by atoms with van der Waals surface area (Å²) in [5.41, 5.74) is 2.40. The van der Waals surface area contributed by atoms with Crippen molar-refractivity contribution in [2.45, 2.75) is 6.10 Å². The van der Waals surface area contributed by atoms with Crippen LogP contribution in [0.25, 0.3) is 0 Å². The van der Waals surface area contributed by atoms with Crippen molar-refractivity contribution in [2.24, 2.45) is 5.84 Å². The van der Waals surface area contributed by atoms with E-state index in [0.717, 1.165) is 0 Å². The molecule has 1 atom stereocenters. The minimum atomic E-state index is -0.570. The first-order valence-corrected chi connectivity index (χ1v) is 4.45. The van der Waals surface area contributed by atoms with Gasteiger partial charge in [-0.1, -0.05) is 0 Å². The summed E-state index contributed by atoms with van der Waals surface area (Å²) >= 11 is 0. The van der Waals surface area contributed by atoms with Crippen molar-refractivity contribution < 1.29 is 9.84 Å². The smallest absolute Gasteiger partial charge is 0.145 e. The third-order valence-corrected chi connectivity index (χ3v) is 1.69. The highest BCUT2D eigenvalue weighted by atomic mass is 16.5. The summed E-state index contributed by atoms with van der Waals surface area (Å²) in [5.74, 6) is 6.28. The molecule has 15 heavy (non-hydrogen) atoms. The van der Waals surface area contributed by atoms with Gasteiger partial charge in [-0.2, -0.15) is 0 Å². The minimum absolute atomic E-state index is 0.278. The van der Waals surface area contributed by atoms with Gasteiger partial charge in [0, 0.05) is 19.7 Å². The molecule has 84 valence electrons. The van der Waals surface area contributed by atoms with Gasteiger partial charge in [0.15, 0.2) is 0 Å². The van der Waals surface area contributed by atoms with E-state index in [1.54, 1.807) is 6.07 Å². The number of anilines is 2. The van der Waals surface area contributed by atoms with Gasteiger partial charge >= 0.3 is 0 Å². The number of methoxy groups -OCH3 is 1. The molecule has 7 heteroatoms. The highest BCUT2D eigenvalue weighted by Gasteiger charge is 2.03. The number of aliphatic hydroxyl groups excluding tert-OH is 1. The lowest BCUT2D eigenvalue weighted by Gasteiger charge is -2.11. The molecule has 1 aromatic rings. The fourth-order valence-electron chi connectivity index (χ4n) is 1.01. The fourth-order valence-corrected chi connectivity index (χ4v) is 1.01. The number of aliphatic hydroxyl groups is 1. The third-order valence-electron chi connectivity index (χ3n) is 1.69. The SMILES string of the molecule is COCC(O)CNc1cc(NN)ncn1. The second-order valence-electron chi connectivity index (χ2n) is 2.92. The number of rotatable bonds is 6. The van der Waals surface area contributed by atoms with E-state index < -0.39 is 6.10 Å². The maximum absolute atomic E-state index is 9.37. The van der Waals surface area contributed by atoms with Gasteiger partial charge in [0.1, 0.15) is 18.0 Å². The first-order chi connectivity index (χ1) is 7.26. The fraction of sp³-hybridized carbons (Fsp3) is 0.500. The average Bonchev–Trinajstić information content (AvgIpc) is 2.27. The number of hydrogen-bond acceptors (Lipinski definition) is 7. The number of nitrogens with zero attached hydrogens (tertiary/aromatic N) is 2. The van der Waals surface area contributed by atoms with Gasteiger partial charge in [0.2, 0.25) is 0 Å². The van der Waals surface area contributed by atoms with E-state index >= 15 is 0 Å². The van der Waals surface area contributed by atoms with Gasteiger partial charge in [0.25, 0.3) is 0 Å². The van der Waals surface area contributed by atoms with Crippen LogP contribution in [0, 0.1) is 0 Å². The molecule has 0 bridgehead atoms. The molecular weight excluding hydrogens is 198 g/mol. The first-order valence-electron chi connectivity index (χ1n) is 4.45. The Balaban J connectivity index is 2.43. The highest BCUT2D eigenvalue weighted by Crippen LogP contribution is 2.06. The molecule has 1 heterocycles. The number of ether oxygens (including phenoxy) is 1. The van der Waals surface area contributed by atoms with Crippen LogP contribution in [0.5, 0.6) is 0 Å². The number of nitrogens with one attached hydrogen (secondary N) is 2. The molecular formula is C8H15N5O2. The Morgan fingerprint density at radius 1 is 1.53 bits per heavy atom. The normalized spacial score (nSPS) is 12.2. The van der Waals surface area contributed by atoms with E-state index in [9.17, 15) is 5.11 Å². The highest BCUT2D eigenvalue weighted by molar-refractivity contribution is 5.45. The van der Waals surface area contributed by atoms with Crippen LogP contribution >= 0.6 is 0 Å². The van der Waals surface area contributed by atoms with Crippen molar-refractivity contribution >= 4 is 11.6 Å². The van der Waals surface area contributed by atoms with Crippen molar-refractivity contribution in [3.05, 3.63) is 12.4 Å². The summed E-state index contributed by atoms with van der Waals surface area (Å²) in [7, 11) is 1.53. The second-order valence-corrected chi connectivity index (χ2v) is 2.92. The Hall–Kier alpha value is -1.44. The Bertz CT molecular complexity index is 296. The van der Waals surface area contributed by atoms with Crippen LogP contribution in [-0.4, -0.2) is 41.4 Å². The van der Waals surface area contributed by atoms with Gasteiger partial charge in [-0.05, 0) is 0 Å². The lowest BCUT2D eigenvalue weighted by molar-refractivity contribution is 0.0727. The van der Waals surface area contributed by atoms with E-state index in [2.05, 4.69) is 20.7 Å². The van der Waals surface area contributed by atoms with E-state index in [1.165, 1.54) is 13.4 Å². The Morgan fingerprint density at radius 3 is 2.93 bits per heavy atom. The molecule has 1 unspecified atom stereocenters. The molecule has 0 aliphatic rings. The molecule has 0 spiro atoms. The standard InChI is InChI=1S/C8H15N5O2/c1-15-4-6(14)3-10-7-2-8(13-9)12-5-11-7/h2,5-6,14H,3-4,9H2,1H3,(H2,10,11,12,13). The van der Waals surface area contributed by atoms with Crippen LogP contribution in [0.2, 0.25) is 0 Å². The van der Waals surface area contributed by atoms with Crippen molar-refractivity contribution in [1.29, 1.82) is 0 Å². The van der Waals surface area contributed by atoms with E-state index in [1.807, 2.05) is 0 Å². The summed E-state index contributed by atoms with van der Waals surface area (Å²) in [6, 6.07) is 1.64. The molecule has 0 aliphatic heterocycles. The summed E-state index contributed by atoms with van der Waals surface area (Å²) in [6.45, 7) is 0.634. The maximum Gasteiger partial charge on any atom is 0.145 e. The Labute approximate surface area is 87.6 Å². The molecule has 5 N–H and O–H groups in total. The summed E-state index contributed by atoms with van der Waals surface area (Å²) in [6.07, 6.45) is 0.805. The monoisotopic (exact) mass is 213 g/mol. The molecule has 1 aromatic heterocycles. The van der Waals surface area contributed by atoms with E-state index in [-0.39, 0.29) is 6.61 Å². The van der Waals surface area contributed by atoms with Gasteiger partial charge < -0.3 is 20.6 Å². The zero-order chi connectivity index (χ0) is 11.1. The Morgan fingerprint density at radius 2 is 2.27 bits per heavy atom. The van der Waals surface area contributed by atoms with Gasteiger partial charge in [-0.25, -0.2) is 15.8 Å². The lowest BCUT2D eigenvalue weighted by Crippen LogP contribution is -2.24. The van der Waals surface area contributed by atoms with Gasteiger partial charge in [-0.15, -0.1) is 0 Å². The topological polar surface area (TPSA) is 105 Å². The predicted molar refractivity (Wildman–Crippen MR) is 56.2 cm³/mol. The van der Waals surface area contributed by atoms with Crippen molar-refractivity contribution in [3.63, 3.8) is 0 Å². The van der Waals surface area contributed by atoms with Crippen LogP contribution in [0.4, 0.5) is 11.6 Å². The van der Waals surface area contributed by atoms with Crippen LogP contribution in [0.3, 0.4) is 0 Å². The second kappa shape index (κ2) is 6.12. The third kappa shape index (κ3) is 4.07. The summed E-state index contributed by atoms with van der Waals surface area (Å²) in [5, 5.41) is 12.3.